The van der Waals surface area contributed by atoms with Gasteiger partial charge >= 0.3 is 0 Å². The molecule has 20 heavy (non-hydrogen) atoms. The lowest BCUT2D eigenvalue weighted by Gasteiger charge is -2.18. The zero-order chi connectivity index (χ0) is 13.8. The van der Waals surface area contributed by atoms with E-state index in [1.807, 2.05) is 18.2 Å². The van der Waals surface area contributed by atoms with Crippen LogP contribution in [0.2, 0.25) is 5.28 Å². The van der Waals surface area contributed by atoms with E-state index in [-0.39, 0.29) is 5.28 Å². The summed E-state index contributed by atoms with van der Waals surface area (Å²) in [5, 5.41) is 3.45. The molecule has 1 aliphatic rings. The lowest BCUT2D eigenvalue weighted by Crippen LogP contribution is -2.15. The highest BCUT2D eigenvalue weighted by Crippen LogP contribution is 2.30. The van der Waals surface area contributed by atoms with Gasteiger partial charge in [0.15, 0.2) is 11.5 Å². The van der Waals surface area contributed by atoms with E-state index in [1.165, 1.54) is 5.56 Å². The number of hydrogen-bond acceptors (Lipinski definition) is 5. The third kappa shape index (κ3) is 3.11. The highest BCUT2D eigenvalue weighted by atomic mass is 35.5. The van der Waals surface area contributed by atoms with Crippen molar-refractivity contribution in [2.75, 3.05) is 25.1 Å². The molecule has 3 rings (SSSR count). The third-order valence-corrected chi connectivity index (χ3v) is 3.13. The standard InChI is InChI=1S/C14H14ClN3O2/c15-14-17-6-4-13(18-14)16-5-3-10-1-2-11-12(9-10)20-8-7-19-11/h1-2,4,6,9H,3,5,7-8H2,(H,16,17,18). The number of nitrogens with one attached hydrogen (secondary N) is 1. The maximum absolute atomic E-state index is 5.73. The molecule has 104 valence electrons. The summed E-state index contributed by atoms with van der Waals surface area (Å²) in [6, 6.07) is 7.80. The molecule has 0 radical (unpaired) electrons. The number of nitrogens with zero attached hydrogens (tertiary/aromatic N) is 2. The fourth-order valence-electron chi connectivity index (χ4n) is 2.01. The lowest BCUT2D eigenvalue weighted by molar-refractivity contribution is 0.171. The highest BCUT2D eigenvalue weighted by Gasteiger charge is 2.11. The van der Waals surface area contributed by atoms with Crippen LogP contribution < -0.4 is 14.8 Å². The van der Waals surface area contributed by atoms with Gasteiger partial charge in [0, 0.05) is 12.7 Å². The van der Waals surface area contributed by atoms with Crippen molar-refractivity contribution in [3.05, 3.63) is 41.3 Å². The SMILES string of the molecule is Clc1nccc(NCCc2ccc3c(c2)OCCO3)n1. The number of aromatic nitrogens is 2. The molecule has 2 aromatic rings. The second-order valence-corrected chi connectivity index (χ2v) is 4.70. The zero-order valence-corrected chi connectivity index (χ0v) is 11.6. The van der Waals surface area contributed by atoms with Crippen molar-refractivity contribution in [3.8, 4) is 11.5 Å². The summed E-state index contributed by atoms with van der Waals surface area (Å²) in [5.41, 5.74) is 1.18. The average molecular weight is 292 g/mol. The van der Waals surface area contributed by atoms with Gasteiger partial charge in [-0.15, -0.1) is 0 Å². The number of benzene rings is 1. The third-order valence-electron chi connectivity index (χ3n) is 2.95. The van der Waals surface area contributed by atoms with Gasteiger partial charge in [-0.25, -0.2) is 9.97 Å². The van der Waals surface area contributed by atoms with Crippen molar-refractivity contribution in [1.82, 2.24) is 9.97 Å². The van der Waals surface area contributed by atoms with Crippen LogP contribution in [0.25, 0.3) is 0 Å². The Morgan fingerprint density at radius 3 is 2.85 bits per heavy atom. The number of rotatable bonds is 4. The number of anilines is 1. The molecule has 0 bridgehead atoms. The van der Waals surface area contributed by atoms with Crippen LogP contribution in [-0.2, 0) is 6.42 Å². The number of hydrogen-bond donors (Lipinski definition) is 1. The Bertz CT molecular complexity index is 607. The van der Waals surface area contributed by atoms with Crippen molar-refractivity contribution in [2.24, 2.45) is 0 Å². The summed E-state index contributed by atoms with van der Waals surface area (Å²) in [4.78, 5) is 7.91. The number of ether oxygens (including phenoxy) is 2. The number of fused-ring (bicyclic) bond motifs is 1. The van der Waals surface area contributed by atoms with E-state index >= 15 is 0 Å². The van der Waals surface area contributed by atoms with Crippen molar-refractivity contribution < 1.29 is 9.47 Å². The summed E-state index contributed by atoms with van der Waals surface area (Å²) >= 11 is 5.73. The molecule has 0 saturated carbocycles. The predicted octanol–water partition coefficient (Wildman–Crippen LogP) is 2.56. The summed E-state index contributed by atoms with van der Waals surface area (Å²) in [6.07, 6.45) is 2.49. The van der Waals surface area contributed by atoms with Crippen molar-refractivity contribution >= 4 is 17.4 Å². The maximum atomic E-state index is 5.73. The molecule has 1 aromatic heterocycles. The zero-order valence-electron chi connectivity index (χ0n) is 10.8. The first kappa shape index (κ1) is 13.0. The van der Waals surface area contributed by atoms with Crippen LogP contribution in [-0.4, -0.2) is 29.7 Å². The number of halogens is 1. The normalized spacial score (nSPS) is 13.1. The van der Waals surface area contributed by atoms with Crippen LogP contribution in [0.3, 0.4) is 0 Å². The first-order chi connectivity index (χ1) is 9.81. The molecule has 2 heterocycles. The minimum absolute atomic E-state index is 0.245. The van der Waals surface area contributed by atoms with Gasteiger partial charge in [-0.3, -0.25) is 0 Å². The topological polar surface area (TPSA) is 56.3 Å². The van der Waals surface area contributed by atoms with Crippen molar-refractivity contribution in [2.45, 2.75) is 6.42 Å². The molecule has 0 amide bonds. The average Bonchev–Trinajstić information content (AvgIpc) is 2.47. The second kappa shape index (κ2) is 5.96. The van der Waals surface area contributed by atoms with Crippen LogP contribution in [0.5, 0.6) is 11.5 Å². The predicted molar refractivity (Wildman–Crippen MR) is 76.7 cm³/mol. The molecule has 1 N–H and O–H groups in total. The quantitative estimate of drug-likeness (QED) is 0.878. The van der Waals surface area contributed by atoms with Gasteiger partial charge in [0.05, 0.1) is 0 Å². The molecular formula is C14H14ClN3O2. The Kier molecular flexibility index (Phi) is 3.87. The second-order valence-electron chi connectivity index (χ2n) is 4.37. The van der Waals surface area contributed by atoms with Crippen LogP contribution in [0.15, 0.2) is 30.5 Å². The molecule has 1 aliphatic heterocycles. The minimum atomic E-state index is 0.245. The first-order valence-corrected chi connectivity index (χ1v) is 6.80. The molecule has 1 aromatic carbocycles. The lowest BCUT2D eigenvalue weighted by atomic mass is 10.1. The van der Waals surface area contributed by atoms with E-state index in [0.717, 1.165) is 30.3 Å². The molecule has 0 fully saturated rings. The van der Waals surface area contributed by atoms with Gasteiger partial charge in [-0.2, -0.15) is 0 Å². The largest absolute Gasteiger partial charge is 0.486 e. The Balaban J connectivity index is 1.58. The van der Waals surface area contributed by atoms with Crippen molar-refractivity contribution in [1.29, 1.82) is 0 Å². The summed E-state index contributed by atoms with van der Waals surface area (Å²) in [5.74, 6) is 2.36. The smallest absolute Gasteiger partial charge is 0.224 e. The molecule has 5 nitrogen and oxygen atoms in total. The maximum Gasteiger partial charge on any atom is 0.224 e. The Morgan fingerprint density at radius 1 is 1.15 bits per heavy atom. The van der Waals surface area contributed by atoms with E-state index in [9.17, 15) is 0 Å². The van der Waals surface area contributed by atoms with E-state index in [0.29, 0.717) is 13.2 Å². The Morgan fingerprint density at radius 2 is 2.00 bits per heavy atom. The van der Waals surface area contributed by atoms with Gasteiger partial charge in [0.1, 0.15) is 19.0 Å². The van der Waals surface area contributed by atoms with Gasteiger partial charge < -0.3 is 14.8 Å². The van der Waals surface area contributed by atoms with E-state index < -0.39 is 0 Å². The van der Waals surface area contributed by atoms with Gasteiger partial charge in [-0.1, -0.05) is 6.07 Å². The highest BCUT2D eigenvalue weighted by molar-refractivity contribution is 6.28. The Hall–Kier alpha value is -2.01. The van der Waals surface area contributed by atoms with Crippen molar-refractivity contribution in [3.63, 3.8) is 0 Å². The van der Waals surface area contributed by atoms with Crippen LogP contribution in [0, 0.1) is 0 Å². The summed E-state index contributed by atoms with van der Waals surface area (Å²) in [7, 11) is 0. The van der Waals surface area contributed by atoms with E-state index in [4.69, 9.17) is 21.1 Å². The molecule has 6 heteroatoms. The van der Waals surface area contributed by atoms with Gasteiger partial charge in [0.25, 0.3) is 0 Å². The molecule has 0 unspecified atom stereocenters. The fraction of sp³-hybridized carbons (Fsp3) is 0.286. The Labute approximate surface area is 121 Å². The van der Waals surface area contributed by atoms with Crippen LogP contribution >= 0.6 is 11.6 Å². The molecule has 0 saturated heterocycles. The molecule has 0 aliphatic carbocycles. The summed E-state index contributed by atoms with van der Waals surface area (Å²) in [6.45, 7) is 1.98. The van der Waals surface area contributed by atoms with Crippen LogP contribution in [0.1, 0.15) is 5.56 Å². The molecule has 0 atom stereocenters. The minimum Gasteiger partial charge on any atom is -0.486 e. The monoisotopic (exact) mass is 291 g/mol. The first-order valence-electron chi connectivity index (χ1n) is 6.42. The van der Waals surface area contributed by atoms with Crippen LogP contribution in [0.4, 0.5) is 5.82 Å². The van der Waals surface area contributed by atoms with Gasteiger partial charge in [0.2, 0.25) is 5.28 Å². The molecular weight excluding hydrogens is 278 g/mol. The van der Waals surface area contributed by atoms with E-state index in [2.05, 4.69) is 15.3 Å². The van der Waals surface area contributed by atoms with Gasteiger partial charge in [-0.05, 0) is 41.8 Å². The fourth-order valence-corrected chi connectivity index (χ4v) is 2.16. The molecule has 0 spiro atoms. The van der Waals surface area contributed by atoms with E-state index in [1.54, 1.807) is 12.3 Å². The summed E-state index contributed by atoms with van der Waals surface area (Å²) < 4.78 is 11.1.